The quantitative estimate of drug-likeness (QED) is 0.892. The molecule has 3 nitrogen and oxygen atoms in total. The molecule has 1 unspecified atom stereocenters. The molecule has 2 aromatic rings. The number of fused-ring (bicyclic) bond motifs is 1. The lowest BCUT2D eigenvalue weighted by Gasteiger charge is -2.25. The van der Waals surface area contributed by atoms with Gasteiger partial charge in [0.2, 0.25) is 5.91 Å². The monoisotopic (exact) mass is 288 g/mol. The summed E-state index contributed by atoms with van der Waals surface area (Å²) >= 11 is 0. The van der Waals surface area contributed by atoms with Crippen molar-refractivity contribution in [3.05, 3.63) is 65.2 Å². The topological polar surface area (TPSA) is 41.1 Å². The number of hydrogen-bond donors (Lipinski definition) is 2. The van der Waals surface area contributed by atoms with Gasteiger partial charge in [-0.1, -0.05) is 24.3 Å². The molecule has 1 heterocycles. The highest BCUT2D eigenvalue weighted by molar-refractivity contribution is 5.95. The third-order valence-corrected chi connectivity index (χ3v) is 3.59. The summed E-state index contributed by atoms with van der Waals surface area (Å²) in [7, 11) is 0. The molecule has 1 atom stereocenters. The molecule has 5 heteroatoms. The number of nitrogens with one attached hydrogen (secondary N) is 2. The van der Waals surface area contributed by atoms with Crippen molar-refractivity contribution in [3.63, 3.8) is 0 Å². The van der Waals surface area contributed by atoms with Gasteiger partial charge in [0.25, 0.3) is 0 Å². The van der Waals surface area contributed by atoms with Crippen LogP contribution >= 0.6 is 0 Å². The Kier molecular flexibility index (Phi) is 3.66. The Bertz CT molecular complexity index is 688. The van der Waals surface area contributed by atoms with Gasteiger partial charge in [-0.3, -0.25) is 4.79 Å². The van der Waals surface area contributed by atoms with Gasteiger partial charge in [-0.25, -0.2) is 8.78 Å². The Morgan fingerprint density at radius 2 is 1.90 bits per heavy atom. The van der Waals surface area contributed by atoms with E-state index in [4.69, 9.17) is 0 Å². The molecular formula is C16H14F2N2O. The van der Waals surface area contributed by atoms with Crippen molar-refractivity contribution in [1.29, 1.82) is 0 Å². The molecule has 1 amide bonds. The molecule has 1 aliphatic rings. The molecular weight excluding hydrogens is 274 g/mol. The van der Waals surface area contributed by atoms with Crippen LogP contribution in [0.3, 0.4) is 0 Å². The normalized spacial score (nSPS) is 17.1. The van der Waals surface area contributed by atoms with Crippen LogP contribution in [0.2, 0.25) is 0 Å². The van der Waals surface area contributed by atoms with Crippen molar-refractivity contribution in [2.45, 2.75) is 19.0 Å². The molecule has 0 radical (unpaired) electrons. The third-order valence-electron chi connectivity index (χ3n) is 3.59. The van der Waals surface area contributed by atoms with Crippen LogP contribution in [0.25, 0.3) is 0 Å². The van der Waals surface area contributed by atoms with Crippen molar-refractivity contribution < 1.29 is 13.6 Å². The van der Waals surface area contributed by atoms with Crippen LogP contribution in [0.1, 0.15) is 11.1 Å². The van der Waals surface area contributed by atoms with Gasteiger partial charge in [-0.2, -0.15) is 0 Å². The molecule has 0 aliphatic carbocycles. The fourth-order valence-electron chi connectivity index (χ4n) is 2.45. The standard InChI is InChI=1S/C16H14F2N2O/c17-12-5-6-14(13(18)8-12)20-16(21)15-7-10-3-1-2-4-11(10)9-19-15/h1-6,8,15,19H,7,9H2,(H,20,21). The van der Waals surface area contributed by atoms with Crippen LogP contribution in [-0.2, 0) is 17.8 Å². The lowest BCUT2D eigenvalue weighted by atomic mass is 9.95. The van der Waals surface area contributed by atoms with Crippen molar-refractivity contribution in [3.8, 4) is 0 Å². The zero-order chi connectivity index (χ0) is 14.8. The van der Waals surface area contributed by atoms with Crippen LogP contribution in [0.15, 0.2) is 42.5 Å². The number of benzene rings is 2. The summed E-state index contributed by atoms with van der Waals surface area (Å²) in [6.45, 7) is 0.597. The zero-order valence-corrected chi connectivity index (χ0v) is 11.2. The minimum absolute atomic E-state index is 0.0120. The molecule has 3 rings (SSSR count). The number of amides is 1. The number of carbonyl (C=O) groups excluding carboxylic acids is 1. The number of rotatable bonds is 2. The number of hydrogen-bond acceptors (Lipinski definition) is 2. The second-order valence-electron chi connectivity index (χ2n) is 5.02. The predicted octanol–water partition coefficient (Wildman–Crippen LogP) is 2.62. The highest BCUT2D eigenvalue weighted by Crippen LogP contribution is 2.19. The van der Waals surface area contributed by atoms with Gasteiger partial charge in [-0.15, -0.1) is 0 Å². The van der Waals surface area contributed by atoms with Crippen molar-refractivity contribution in [2.75, 3.05) is 5.32 Å². The maximum Gasteiger partial charge on any atom is 0.241 e. The maximum atomic E-state index is 13.5. The minimum atomic E-state index is -0.778. The van der Waals surface area contributed by atoms with E-state index in [1.807, 2.05) is 24.3 Å². The van der Waals surface area contributed by atoms with Gasteiger partial charge < -0.3 is 10.6 Å². The van der Waals surface area contributed by atoms with Gasteiger partial charge in [0.15, 0.2) is 0 Å². The Hall–Kier alpha value is -2.27. The summed E-state index contributed by atoms with van der Waals surface area (Å²) in [6, 6.07) is 10.5. The second-order valence-corrected chi connectivity index (χ2v) is 5.02. The van der Waals surface area contributed by atoms with E-state index in [9.17, 15) is 13.6 Å². The summed E-state index contributed by atoms with van der Waals surface area (Å²) in [6.07, 6.45) is 0.546. The maximum absolute atomic E-state index is 13.5. The number of anilines is 1. The minimum Gasteiger partial charge on any atom is -0.322 e. The molecule has 0 aromatic heterocycles. The summed E-state index contributed by atoms with van der Waals surface area (Å²) in [5, 5.41) is 5.61. The van der Waals surface area contributed by atoms with E-state index in [-0.39, 0.29) is 11.6 Å². The van der Waals surface area contributed by atoms with Gasteiger partial charge in [0.1, 0.15) is 11.6 Å². The Morgan fingerprint density at radius 1 is 1.14 bits per heavy atom. The largest absolute Gasteiger partial charge is 0.322 e. The fourth-order valence-corrected chi connectivity index (χ4v) is 2.45. The van der Waals surface area contributed by atoms with Gasteiger partial charge >= 0.3 is 0 Å². The molecule has 0 saturated heterocycles. The first-order valence-corrected chi connectivity index (χ1v) is 6.69. The van der Waals surface area contributed by atoms with Crippen LogP contribution in [0.4, 0.5) is 14.5 Å². The Labute approximate surface area is 121 Å². The second kappa shape index (κ2) is 5.61. The third kappa shape index (κ3) is 2.92. The average molecular weight is 288 g/mol. The highest BCUT2D eigenvalue weighted by atomic mass is 19.1. The molecule has 108 valence electrons. The average Bonchev–Trinajstić information content (AvgIpc) is 2.49. The smallest absolute Gasteiger partial charge is 0.241 e. The molecule has 0 fully saturated rings. The van der Waals surface area contributed by atoms with Gasteiger partial charge in [0.05, 0.1) is 11.7 Å². The predicted molar refractivity (Wildman–Crippen MR) is 75.8 cm³/mol. The first kappa shape index (κ1) is 13.7. The Balaban J connectivity index is 1.72. The zero-order valence-electron chi connectivity index (χ0n) is 11.2. The van der Waals surface area contributed by atoms with Crippen LogP contribution in [-0.4, -0.2) is 11.9 Å². The molecule has 0 bridgehead atoms. The lowest BCUT2D eigenvalue weighted by molar-refractivity contribution is -0.118. The summed E-state index contributed by atoms with van der Waals surface area (Å²) in [5.74, 6) is -1.77. The van der Waals surface area contributed by atoms with E-state index < -0.39 is 17.7 Å². The van der Waals surface area contributed by atoms with Crippen molar-refractivity contribution in [1.82, 2.24) is 5.32 Å². The summed E-state index contributed by atoms with van der Waals surface area (Å²) < 4.78 is 26.4. The first-order chi connectivity index (χ1) is 10.1. The lowest BCUT2D eigenvalue weighted by Crippen LogP contribution is -2.44. The summed E-state index contributed by atoms with van der Waals surface area (Å²) in [4.78, 5) is 12.2. The molecule has 1 aliphatic heterocycles. The molecule has 0 saturated carbocycles. The molecule has 2 N–H and O–H groups in total. The van der Waals surface area contributed by atoms with E-state index in [1.54, 1.807) is 0 Å². The van der Waals surface area contributed by atoms with E-state index in [0.717, 1.165) is 23.3 Å². The Morgan fingerprint density at radius 3 is 2.67 bits per heavy atom. The van der Waals surface area contributed by atoms with E-state index in [2.05, 4.69) is 10.6 Å². The van der Waals surface area contributed by atoms with Crippen LogP contribution in [0, 0.1) is 11.6 Å². The number of carbonyl (C=O) groups is 1. The van der Waals surface area contributed by atoms with Crippen LogP contribution in [0.5, 0.6) is 0 Å². The van der Waals surface area contributed by atoms with E-state index in [1.165, 1.54) is 6.07 Å². The van der Waals surface area contributed by atoms with Gasteiger partial charge in [-0.05, 0) is 29.7 Å². The van der Waals surface area contributed by atoms with Crippen molar-refractivity contribution in [2.24, 2.45) is 0 Å². The molecule has 2 aromatic carbocycles. The molecule has 21 heavy (non-hydrogen) atoms. The number of halogens is 2. The fraction of sp³-hybridized carbons (Fsp3) is 0.188. The van der Waals surface area contributed by atoms with E-state index >= 15 is 0 Å². The summed E-state index contributed by atoms with van der Waals surface area (Å²) in [5.41, 5.74) is 2.26. The van der Waals surface area contributed by atoms with Gasteiger partial charge in [0, 0.05) is 12.6 Å². The van der Waals surface area contributed by atoms with Crippen LogP contribution < -0.4 is 10.6 Å². The molecule has 0 spiro atoms. The van der Waals surface area contributed by atoms with Crippen molar-refractivity contribution >= 4 is 11.6 Å². The highest BCUT2D eigenvalue weighted by Gasteiger charge is 2.24. The van der Waals surface area contributed by atoms with E-state index in [0.29, 0.717) is 13.0 Å². The SMILES string of the molecule is O=C(Nc1ccc(F)cc1F)C1Cc2ccccc2CN1. The first-order valence-electron chi connectivity index (χ1n) is 6.69.